The summed E-state index contributed by atoms with van der Waals surface area (Å²) in [7, 11) is 0. The number of hydrogen-bond acceptors (Lipinski definition) is 11. The molecule has 0 bridgehead atoms. The molecule has 0 N–H and O–H groups in total. The van der Waals surface area contributed by atoms with Gasteiger partial charge in [-0.2, -0.15) is 0 Å². The van der Waals surface area contributed by atoms with E-state index in [0.29, 0.717) is 119 Å². The third-order valence-corrected chi connectivity index (χ3v) is 7.51. The molecule has 1 aliphatic rings. The summed E-state index contributed by atoms with van der Waals surface area (Å²) in [6.45, 7) is 12.6. The van der Waals surface area contributed by atoms with E-state index in [1.807, 2.05) is 0 Å². The summed E-state index contributed by atoms with van der Waals surface area (Å²) in [4.78, 5) is 0. The van der Waals surface area contributed by atoms with Gasteiger partial charge in [-0.3, -0.25) is 0 Å². The third kappa shape index (κ3) is 27.4. The van der Waals surface area contributed by atoms with Crippen LogP contribution in [0.5, 0.6) is 5.75 Å². The van der Waals surface area contributed by atoms with Crippen molar-refractivity contribution >= 4 is 0 Å². The lowest BCUT2D eigenvalue weighted by Gasteiger charge is -2.22. The first-order chi connectivity index (χ1) is 23.9. The Balaban J connectivity index is 1.18. The minimum absolute atomic E-state index is 0.0629. The molecule has 0 spiro atoms. The van der Waals surface area contributed by atoms with Gasteiger partial charge in [0.1, 0.15) is 12.4 Å². The maximum atomic E-state index is 5.77. The fourth-order valence-electron chi connectivity index (χ4n) is 4.80. The quantitative estimate of drug-likeness (QED) is 0.0820. The van der Waals surface area contributed by atoms with Gasteiger partial charge < -0.3 is 52.1 Å². The molecule has 0 radical (unpaired) electrons. The second-order valence-corrected chi connectivity index (χ2v) is 11.6. The molecule has 1 aromatic rings. The first kappa shape index (κ1) is 42.8. The Labute approximate surface area is 290 Å². The standard InChI is InChI=1S/C37H66O11/c1-2-3-4-5-6-7-10-35-12-14-36(15-13-35)46-33-31-44-29-27-42-25-23-40-21-19-38-17-18-39-20-22-41-24-26-43-28-30-45-32-34-48-37-11-8-9-16-47-37/h12-15,37H,2-11,16-34H2,1H3. The van der Waals surface area contributed by atoms with Crippen molar-refractivity contribution in [3.8, 4) is 5.75 Å². The van der Waals surface area contributed by atoms with Crippen LogP contribution in [0.1, 0.15) is 70.3 Å². The molecule has 1 atom stereocenters. The zero-order chi connectivity index (χ0) is 33.8. The summed E-state index contributed by atoms with van der Waals surface area (Å²) >= 11 is 0. The van der Waals surface area contributed by atoms with Crippen LogP contribution >= 0.6 is 0 Å². The van der Waals surface area contributed by atoms with Crippen LogP contribution in [0.25, 0.3) is 0 Å². The van der Waals surface area contributed by atoms with Crippen LogP contribution in [0.3, 0.4) is 0 Å². The Bertz CT molecular complexity index is 777. The van der Waals surface area contributed by atoms with Crippen molar-refractivity contribution in [3.63, 3.8) is 0 Å². The van der Waals surface area contributed by atoms with Gasteiger partial charge >= 0.3 is 0 Å². The molecule has 1 aromatic carbocycles. The zero-order valence-electron chi connectivity index (χ0n) is 29.9. The van der Waals surface area contributed by atoms with Gasteiger partial charge in [-0.05, 0) is 49.8 Å². The number of unbranched alkanes of at least 4 members (excludes halogenated alkanes) is 5. The van der Waals surface area contributed by atoms with Gasteiger partial charge in [0.25, 0.3) is 0 Å². The van der Waals surface area contributed by atoms with Crippen LogP contribution < -0.4 is 4.74 Å². The Kier molecular flexibility index (Phi) is 30.4. The Morgan fingerprint density at radius 1 is 0.500 bits per heavy atom. The summed E-state index contributed by atoms with van der Waals surface area (Å²) in [6, 6.07) is 8.44. The Morgan fingerprint density at radius 2 is 0.938 bits per heavy atom. The maximum absolute atomic E-state index is 5.77. The van der Waals surface area contributed by atoms with Crippen molar-refractivity contribution in [2.45, 2.75) is 77.4 Å². The molecule has 1 saturated heterocycles. The SMILES string of the molecule is CCCCCCCCc1ccc(OCCOCCOCCOCCOCCOCCOCCOCCOCCOC2CCCCO2)cc1. The lowest BCUT2D eigenvalue weighted by Crippen LogP contribution is -2.24. The van der Waals surface area contributed by atoms with E-state index in [4.69, 9.17) is 52.1 Å². The van der Waals surface area contributed by atoms with Crippen molar-refractivity contribution in [3.05, 3.63) is 29.8 Å². The lowest BCUT2D eigenvalue weighted by atomic mass is 10.0. The second-order valence-electron chi connectivity index (χ2n) is 11.6. The predicted molar refractivity (Wildman–Crippen MR) is 185 cm³/mol. The van der Waals surface area contributed by atoms with Crippen LogP contribution in [0.2, 0.25) is 0 Å². The van der Waals surface area contributed by atoms with E-state index in [9.17, 15) is 0 Å². The molecule has 1 heterocycles. The van der Waals surface area contributed by atoms with Crippen molar-refractivity contribution in [1.82, 2.24) is 0 Å². The molecule has 0 saturated carbocycles. The number of hydrogen-bond donors (Lipinski definition) is 0. The zero-order valence-corrected chi connectivity index (χ0v) is 29.9. The number of aryl methyl sites for hydroxylation is 1. The minimum atomic E-state index is -0.0629. The molecular formula is C37H66O11. The molecular weight excluding hydrogens is 620 g/mol. The molecule has 1 unspecified atom stereocenters. The molecule has 1 fully saturated rings. The Morgan fingerprint density at radius 3 is 1.40 bits per heavy atom. The van der Waals surface area contributed by atoms with Crippen LogP contribution in [0.15, 0.2) is 24.3 Å². The highest BCUT2D eigenvalue weighted by Gasteiger charge is 2.13. The van der Waals surface area contributed by atoms with Gasteiger partial charge in [0, 0.05) is 6.61 Å². The van der Waals surface area contributed by atoms with Crippen LogP contribution in [0, 0.1) is 0 Å². The van der Waals surface area contributed by atoms with Crippen LogP contribution in [0.4, 0.5) is 0 Å². The third-order valence-electron chi connectivity index (χ3n) is 7.51. The molecule has 1 aliphatic heterocycles. The average molecular weight is 687 g/mol. The van der Waals surface area contributed by atoms with Gasteiger partial charge in [0.2, 0.25) is 0 Å². The highest BCUT2D eigenvalue weighted by molar-refractivity contribution is 5.27. The van der Waals surface area contributed by atoms with E-state index in [-0.39, 0.29) is 6.29 Å². The van der Waals surface area contributed by atoms with Crippen molar-refractivity contribution in [1.29, 1.82) is 0 Å². The van der Waals surface area contributed by atoms with E-state index < -0.39 is 0 Å². The summed E-state index contributed by atoms with van der Waals surface area (Å²) in [6.07, 6.45) is 12.3. The van der Waals surface area contributed by atoms with Crippen molar-refractivity contribution < 1.29 is 52.1 Å². The summed E-state index contributed by atoms with van der Waals surface area (Å²) < 4.78 is 61.1. The highest BCUT2D eigenvalue weighted by atomic mass is 16.7. The molecule has 0 aromatic heterocycles. The fraction of sp³-hybridized carbons (Fsp3) is 0.838. The number of ether oxygens (including phenoxy) is 11. The fourth-order valence-corrected chi connectivity index (χ4v) is 4.80. The molecule has 0 amide bonds. The normalized spacial score (nSPS) is 14.9. The summed E-state index contributed by atoms with van der Waals surface area (Å²) in [5.41, 5.74) is 1.38. The largest absolute Gasteiger partial charge is 0.491 e. The minimum Gasteiger partial charge on any atom is -0.491 e. The van der Waals surface area contributed by atoms with Crippen LogP contribution in [-0.4, -0.2) is 132 Å². The van der Waals surface area contributed by atoms with Gasteiger partial charge in [0.05, 0.1) is 112 Å². The van der Waals surface area contributed by atoms with Gasteiger partial charge in [-0.15, -0.1) is 0 Å². The molecule has 2 rings (SSSR count). The molecule has 280 valence electrons. The summed E-state index contributed by atoms with van der Waals surface area (Å²) in [5, 5.41) is 0. The first-order valence-corrected chi connectivity index (χ1v) is 18.5. The first-order valence-electron chi connectivity index (χ1n) is 18.5. The van der Waals surface area contributed by atoms with E-state index >= 15 is 0 Å². The highest BCUT2D eigenvalue weighted by Crippen LogP contribution is 2.15. The number of benzene rings is 1. The lowest BCUT2D eigenvalue weighted by molar-refractivity contribution is -0.169. The van der Waals surface area contributed by atoms with E-state index in [1.54, 1.807) is 0 Å². The molecule has 11 heteroatoms. The monoisotopic (exact) mass is 686 g/mol. The van der Waals surface area contributed by atoms with E-state index in [0.717, 1.165) is 31.6 Å². The second kappa shape index (κ2) is 34.1. The van der Waals surface area contributed by atoms with Crippen LogP contribution in [-0.2, 0) is 53.8 Å². The van der Waals surface area contributed by atoms with E-state index in [1.165, 1.54) is 50.5 Å². The Hall–Kier alpha value is -1.38. The van der Waals surface area contributed by atoms with Gasteiger partial charge in [0.15, 0.2) is 6.29 Å². The number of rotatable bonds is 36. The molecule has 11 nitrogen and oxygen atoms in total. The van der Waals surface area contributed by atoms with Crippen molar-refractivity contribution in [2.75, 3.05) is 126 Å². The van der Waals surface area contributed by atoms with Crippen molar-refractivity contribution in [2.24, 2.45) is 0 Å². The summed E-state index contributed by atoms with van der Waals surface area (Å²) in [5.74, 6) is 0.888. The molecule has 48 heavy (non-hydrogen) atoms. The smallest absolute Gasteiger partial charge is 0.157 e. The average Bonchev–Trinajstić information content (AvgIpc) is 3.12. The van der Waals surface area contributed by atoms with Gasteiger partial charge in [-0.25, -0.2) is 0 Å². The topological polar surface area (TPSA) is 102 Å². The molecule has 0 aliphatic carbocycles. The van der Waals surface area contributed by atoms with E-state index in [2.05, 4.69) is 31.2 Å². The predicted octanol–water partition coefficient (Wildman–Crippen LogP) is 5.64. The maximum Gasteiger partial charge on any atom is 0.157 e. The van der Waals surface area contributed by atoms with Gasteiger partial charge in [-0.1, -0.05) is 51.2 Å².